The summed E-state index contributed by atoms with van der Waals surface area (Å²) in [6.07, 6.45) is -0.369. The van der Waals surface area contributed by atoms with Gasteiger partial charge in [0.1, 0.15) is 11.6 Å². The van der Waals surface area contributed by atoms with Crippen LogP contribution in [0.5, 0.6) is 0 Å². The minimum Gasteiger partial charge on any atom is -0.387 e. The molecule has 2 atom stereocenters. The fraction of sp³-hybridized carbons (Fsp3) is 0.333. The predicted molar refractivity (Wildman–Crippen MR) is 76.8 cm³/mol. The Bertz CT molecular complexity index is 525. The largest absolute Gasteiger partial charge is 0.387 e. The zero-order valence-electron chi connectivity index (χ0n) is 11.1. The van der Waals surface area contributed by atoms with Gasteiger partial charge in [-0.05, 0) is 36.9 Å². The van der Waals surface area contributed by atoms with Crippen molar-refractivity contribution in [1.82, 2.24) is 5.32 Å². The third-order valence-electron chi connectivity index (χ3n) is 3.08. The summed E-state index contributed by atoms with van der Waals surface area (Å²) in [5.74, 6) is -1.43. The Morgan fingerprint density at radius 1 is 1.20 bits per heavy atom. The van der Waals surface area contributed by atoms with Crippen LogP contribution in [0.2, 0.25) is 0 Å². The van der Waals surface area contributed by atoms with Crippen molar-refractivity contribution in [2.45, 2.75) is 25.5 Å². The van der Waals surface area contributed by atoms with Crippen LogP contribution >= 0.6 is 11.3 Å². The summed E-state index contributed by atoms with van der Waals surface area (Å²) < 4.78 is 27.0. The van der Waals surface area contributed by atoms with E-state index >= 15 is 0 Å². The van der Waals surface area contributed by atoms with Gasteiger partial charge in [0.25, 0.3) is 0 Å². The Morgan fingerprint density at radius 2 is 1.90 bits per heavy atom. The first-order valence-corrected chi connectivity index (χ1v) is 7.33. The van der Waals surface area contributed by atoms with Gasteiger partial charge < -0.3 is 10.4 Å². The number of thiophene rings is 1. The lowest BCUT2D eigenvalue weighted by molar-refractivity contribution is 0.161. The minimum atomic E-state index is -1.19. The van der Waals surface area contributed by atoms with E-state index in [9.17, 15) is 13.9 Å². The first-order valence-electron chi connectivity index (χ1n) is 6.45. The lowest BCUT2D eigenvalue weighted by atomic mass is 10.1. The molecule has 0 aliphatic carbocycles. The van der Waals surface area contributed by atoms with Gasteiger partial charge in [-0.2, -0.15) is 0 Å². The molecule has 0 amide bonds. The molecule has 1 aromatic carbocycles. The van der Waals surface area contributed by atoms with Crippen LogP contribution in [0.1, 0.15) is 23.5 Å². The number of rotatable bonds is 6. The molecule has 5 heteroatoms. The molecule has 108 valence electrons. The van der Waals surface area contributed by atoms with E-state index in [2.05, 4.69) is 5.32 Å². The van der Waals surface area contributed by atoms with Gasteiger partial charge in [-0.25, -0.2) is 8.78 Å². The van der Waals surface area contributed by atoms with Crippen molar-refractivity contribution in [3.8, 4) is 0 Å². The van der Waals surface area contributed by atoms with Gasteiger partial charge in [-0.3, -0.25) is 0 Å². The molecule has 0 aliphatic rings. The lowest BCUT2D eigenvalue weighted by Gasteiger charge is -2.17. The van der Waals surface area contributed by atoms with Crippen molar-refractivity contribution < 1.29 is 13.9 Å². The van der Waals surface area contributed by atoms with E-state index in [1.165, 1.54) is 10.9 Å². The summed E-state index contributed by atoms with van der Waals surface area (Å²) in [7, 11) is 0. The predicted octanol–water partition coefficient (Wildman–Crippen LogP) is 3.28. The molecule has 0 saturated carbocycles. The molecule has 0 radical (unpaired) electrons. The zero-order chi connectivity index (χ0) is 14.5. The maximum atomic E-state index is 13.5. The number of aliphatic hydroxyl groups is 1. The summed E-state index contributed by atoms with van der Waals surface area (Å²) in [6, 6.07) is 7.73. The van der Waals surface area contributed by atoms with Crippen molar-refractivity contribution in [3.05, 3.63) is 57.8 Å². The number of hydrogen-bond donors (Lipinski definition) is 2. The van der Waals surface area contributed by atoms with Crippen LogP contribution in [0, 0.1) is 11.6 Å². The summed E-state index contributed by atoms with van der Waals surface area (Å²) >= 11 is 1.66. The zero-order valence-corrected chi connectivity index (χ0v) is 12.0. The minimum absolute atomic E-state index is 0.115. The Balaban J connectivity index is 1.90. The average Bonchev–Trinajstić information content (AvgIpc) is 2.89. The molecule has 2 aromatic rings. The second-order valence-electron chi connectivity index (χ2n) is 4.74. The highest BCUT2D eigenvalue weighted by molar-refractivity contribution is 7.09. The van der Waals surface area contributed by atoms with E-state index in [0.717, 1.165) is 18.6 Å². The fourth-order valence-electron chi connectivity index (χ4n) is 2.05. The van der Waals surface area contributed by atoms with Gasteiger partial charge in [0.15, 0.2) is 0 Å². The fourth-order valence-corrected chi connectivity index (χ4v) is 2.88. The highest BCUT2D eigenvalue weighted by atomic mass is 32.1. The first-order chi connectivity index (χ1) is 9.58. The van der Waals surface area contributed by atoms with Crippen LogP contribution in [0.15, 0.2) is 35.7 Å². The first kappa shape index (κ1) is 15.1. The SMILES string of the molecule is CC(Cc1cccs1)NCC(O)c1c(F)cccc1F. The summed E-state index contributed by atoms with van der Waals surface area (Å²) in [5.41, 5.74) is -0.275. The third-order valence-corrected chi connectivity index (χ3v) is 3.98. The van der Waals surface area contributed by atoms with E-state index in [1.807, 2.05) is 24.4 Å². The van der Waals surface area contributed by atoms with Crippen LogP contribution < -0.4 is 5.32 Å². The quantitative estimate of drug-likeness (QED) is 0.857. The van der Waals surface area contributed by atoms with Gasteiger partial charge in [0, 0.05) is 17.5 Å². The van der Waals surface area contributed by atoms with Gasteiger partial charge in [-0.1, -0.05) is 12.1 Å². The molecule has 0 bridgehead atoms. The smallest absolute Gasteiger partial charge is 0.131 e. The average molecular weight is 297 g/mol. The molecule has 2 N–H and O–H groups in total. The standard InChI is InChI=1S/C15H17F2NOS/c1-10(8-11-4-3-7-20-11)18-9-14(19)15-12(16)5-2-6-13(15)17/h2-7,10,14,18-19H,8-9H2,1H3. The summed E-state index contributed by atoms with van der Waals surface area (Å²) in [4.78, 5) is 1.23. The van der Waals surface area contributed by atoms with Crippen LogP contribution in [0.3, 0.4) is 0 Å². The Labute approximate surface area is 121 Å². The van der Waals surface area contributed by atoms with Crippen molar-refractivity contribution in [1.29, 1.82) is 0 Å². The van der Waals surface area contributed by atoms with E-state index in [4.69, 9.17) is 0 Å². The topological polar surface area (TPSA) is 32.3 Å². The molecule has 0 saturated heterocycles. The van der Waals surface area contributed by atoms with E-state index in [-0.39, 0.29) is 18.2 Å². The molecule has 2 nitrogen and oxygen atoms in total. The molecular formula is C15H17F2NOS. The van der Waals surface area contributed by atoms with Crippen molar-refractivity contribution in [2.75, 3.05) is 6.54 Å². The number of benzene rings is 1. The van der Waals surface area contributed by atoms with Crippen molar-refractivity contribution >= 4 is 11.3 Å². The van der Waals surface area contributed by atoms with Gasteiger partial charge in [0.2, 0.25) is 0 Å². The second kappa shape index (κ2) is 6.92. The summed E-state index contributed by atoms with van der Waals surface area (Å²) in [6.45, 7) is 2.09. The highest BCUT2D eigenvalue weighted by Crippen LogP contribution is 2.20. The molecule has 1 heterocycles. The molecule has 20 heavy (non-hydrogen) atoms. The van der Waals surface area contributed by atoms with E-state index in [1.54, 1.807) is 11.3 Å². The van der Waals surface area contributed by atoms with Crippen LogP contribution in [0.25, 0.3) is 0 Å². The maximum absolute atomic E-state index is 13.5. The van der Waals surface area contributed by atoms with Crippen LogP contribution in [-0.2, 0) is 6.42 Å². The molecule has 2 unspecified atom stereocenters. The van der Waals surface area contributed by atoms with Crippen molar-refractivity contribution in [2.24, 2.45) is 0 Å². The normalized spacial score (nSPS) is 14.2. The molecule has 2 rings (SSSR count). The van der Waals surface area contributed by atoms with E-state index < -0.39 is 17.7 Å². The van der Waals surface area contributed by atoms with E-state index in [0.29, 0.717) is 0 Å². The van der Waals surface area contributed by atoms with Crippen LogP contribution in [0.4, 0.5) is 8.78 Å². The summed E-state index contributed by atoms with van der Waals surface area (Å²) in [5, 5.41) is 15.0. The Hall–Kier alpha value is -1.30. The highest BCUT2D eigenvalue weighted by Gasteiger charge is 2.18. The third kappa shape index (κ3) is 3.85. The molecule has 1 aromatic heterocycles. The Morgan fingerprint density at radius 3 is 2.50 bits per heavy atom. The maximum Gasteiger partial charge on any atom is 0.131 e. The monoisotopic (exact) mass is 297 g/mol. The molecule has 0 spiro atoms. The number of nitrogens with one attached hydrogen (secondary N) is 1. The number of aliphatic hydroxyl groups excluding tert-OH is 1. The van der Waals surface area contributed by atoms with Gasteiger partial charge in [0.05, 0.1) is 11.7 Å². The Kier molecular flexibility index (Phi) is 5.23. The molecule has 0 aliphatic heterocycles. The van der Waals surface area contributed by atoms with Gasteiger partial charge >= 0.3 is 0 Å². The second-order valence-corrected chi connectivity index (χ2v) is 5.78. The molecular weight excluding hydrogens is 280 g/mol. The van der Waals surface area contributed by atoms with Gasteiger partial charge in [-0.15, -0.1) is 11.3 Å². The molecule has 0 fully saturated rings. The van der Waals surface area contributed by atoms with Crippen molar-refractivity contribution in [3.63, 3.8) is 0 Å². The number of halogens is 2. The lowest BCUT2D eigenvalue weighted by Crippen LogP contribution is -2.32. The number of hydrogen-bond acceptors (Lipinski definition) is 3. The van der Waals surface area contributed by atoms with Crippen LogP contribution in [-0.4, -0.2) is 17.7 Å².